The highest BCUT2D eigenvalue weighted by Crippen LogP contribution is 2.27. The molecule has 2 aliphatic rings. The van der Waals surface area contributed by atoms with Crippen molar-refractivity contribution in [1.29, 1.82) is 0 Å². The zero-order chi connectivity index (χ0) is 14.7. The normalized spacial score (nSPS) is 20.3. The molecule has 2 fully saturated rings. The van der Waals surface area contributed by atoms with E-state index in [9.17, 15) is 0 Å². The maximum Gasteiger partial charge on any atom is 0.0944 e. The lowest BCUT2D eigenvalue weighted by molar-refractivity contribution is 0.0384. The van der Waals surface area contributed by atoms with Crippen LogP contribution in [0.1, 0.15) is 48.2 Å². The van der Waals surface area contributed by atoms with Crippen molar-refractivity contribution in [3.05, 3.63) is 15.6 Å². The third-order valence-electron chi connectivity index (χ3n) is 4.19. The van der Waals surface area contributed by atoms with Gasteiger partial charge in [0.25, 0.3) is 0 Å². The van der Waals surface area contributed by atoms with Crippen LogP contribution in [0.2, 0.25) is 0 Å². The third-order valence-corrected chi connectivity index (χ3v) is 5.32. The number of hydrogen-bond acceptors (Lipinski definition) is 5. The lowest BCUT2D eigenvalue weighted by Crippen LogP contribution is -2.37. The van der Waals surface area contributed by atoms with Crippen LogP contribution < -0.4 is 5.32 Å². The van der Waals surface area contributed by atoms with E-state index in [4.69, 9.17) is 9.72 Å². The van der Waals surface area contributed by atoms with Gasteiger partial charge in [-0.1, -0.05) is 13.8 Å². The van der Waals surface area contributed by atoms with Gasteiger partial charge in [0.05, 0.1) is 23.9 Å². The summed E-state index contributed by atoms with van der Waals surface area (Å²) in [6, 6.07) is 0.768. The van der Waals surface area contributed by atoms with E-state index >= 15 is 0 Å². The Balaban J connectivity index is 1.56. The maximum absolute atomic E-state index is 5.40. The van der Waals surface area contributed by atoms with Crippen molar-refractivity contribution in [2.24, 2.45) is 0 Å². The summed E-state index contributed by atoms with van der Waals surface area (Å²) in [5.41, 5.74) is 1.31. The van der Waals surface area contributed by atoms with Crippen LogP contribution in [-0.4, -0.2) is 48.8 Å². The second-order valence-corrected chi connectivity index (χ2v) is 7.60. The minimum absolute atomic E-state index is 0.523. The van der Waals surface area contributed by atoms with E-state index in [1.165, 1.54) is 28.4 Å². The fourth-order valence-corrected chi connectivity index (χ4v) is 3.86. The number of morpholine rings is 1. The van der Waals surface area contributed by atoms with Gasteiger partial charge in [0.2, 0.25) is 0 Å². The molecule has 0 bridgehead atoms. The van der Waals surface area contributed by atoms with E-state index in [-0.39, 0.29) is 0 Å². The second-order valence-electron chi connectivity index (χ2n) is 6.43. The molecule has 0 spiro atoms. The molecule has 4 nitrogen and oxygen atoms in total. The summed E-state index contributed by atoms with van der Waals surface area (Å²) in [7, 11) is 0. The second kappa shape index (κ2) is 7.18. The number of thiazole rings is 1. The number of rotatable bonds is 7. The van der Waals surface area contributed by atoms with Crippen LogP contribution in [-0.2, 0) is 17.7 Å². The first-order chi connectivity index (χ1) is 10.2. The first-order valence-corrected chi connectivity index (χ1v) is 9.06. The third kappa shape index (κ3) is 4.49. The van der Waals surface area contributed by atoms with E-state index in [0.29, 0.717) is 5.92 Å². The molecular formula is C16H27N3OS. The van der Waals surface area contributed by atoms with Crippen molar-refractivity contribution in [3.63, 3.8) is 0 Å². The van der Waals surface area contributed by atoms with Crippen LogP contribution in [0.5, 0.6) is 0 Å². The summed E-state index contributed by atoms with van der Waals surface area (Å²) in [4.78, 5) is 8.85. The quantitative estimate of drug-likeness (QED) is 0.839. The molecule has 21 heavy (non-hydrogen) atoms. The first kappa shape index (κ1) is 15.4. The SMILES string of the molecule is CC(C)c1nc(CCN2CCOCC2)sc1CNC1CC1. The predicted octanol–water partition coefficient (Wildman–Crippen LogP) is 2.39. The van der Waals surface area contributed by atoms with Crippen LogP contribution in [0.25, 0.3) is 0 Å². The van der Waals surface area contributed by atoms with E-state index in [0.717, 1.165) is 51.9 Å². The molecule has 1 saturated heterocycles. The van der Waals surface area contributed by atoms with Gasteiger partial charge in [-0.3, -0.25) is 4.90 Å². The van der Waals surface area contributed by atoms with Crippen molar-refractivity contribution in [3.8, 4) is 0 Å². The van der Waals surface area contributed by atoms with Crippen molar-refractivity contribution in [1.82, 2.24) is 15.2 Å². The maximum atomic E-state index is 5.40. The molecule has 3 rings (SSSR count). The number of hydrogen-bond donors (Lipinski definition) is 1. The molecule has 1 aromatic heterocycles. The number of aromatic nitrogens is 1. The van der Waals surface area contributed by atoms with Gasteiger partial charge >= 0.3 is 0 Å². The molecule has 1 aliphatic carbocycles. The highest BCUT2D eigenvalue weighted by molar-refractivity contribution is 7.11. The van der Waals surface area contributed by atoms with Gasteiger partial charge in [-0.05, 0) is 18.8 Å². The Kier molecular flexibility index (Phi) is 5.27. The topological polar surface area (TPSA) is 37.4 Å². The summed E-state index contributed by atoms with van der Waals surface area (Å²) in [6.07, 6.45) is 3.77. The van der Waals surface area contributed by atoms with E-state index in [1.807, 2.05) is 11.3 Å². The van der Waals surface area contributed by atoms with Crippen LogP contribution in [0.4, 0.5) is 0 Å². The Morgan fingerprint density at radius 2 is 2.10 bits per heavy atom. The van der Waals surface area contributed by atoms with Crippen LogP contribution in [0, 0.1) is 0 Å². The number of nitrogens with one attached hydrogen (secondary N) is 1. The average molecular weight is 309 g/mol. The van der Waals surface area contributed by atoms with Crippen LogP contribution in [0.15, 0.2) is 0 Å². The zero-order valence-corrected chi connectivity index (χ0v) is 14.0. The molecule has 1 aliphatic heterocycles. The fraction of sp³-hybridized carbons (Fsp3) is 0.812. The molecule has 1 aromatic rings. The molecule has 0 atom stereocenters. The van der Waals surface area contributed by atoms with Crippen LogP contribution in [0.3, 0.4) is 0 Å². The molecular weight excluding hydrogens is 282 g/mol. The van der Waals surface area contributed by atoms with Crippen molar-refractivity contribution in [2.45, 2.75) is 51.6 Å². The molecule has 0 unspecified atom stereocenters. The molecule has 0 aromatic carbocycles. The minimum atomic E-state index is 0.523. The Morgan fingerprint density at radius 1 is 1.33 bits per heavy atom. The van der Waals surface area contributed by atoms with Gasteiger partial charge in [-0.2, -0.15) is 0 Å². The lowest BCUT2D eigenvalue weighted by Gasteiger charge is -2.26. The minimum Gasteiger partial charge on any atom is -0.379 e. The Hall–Kier alpha value is -0.490. The molecule has 0 radical (unpaired) electrons. The smallest absolute Gasteiger partial charge is 0.0944 e. The van der Waals surface area contributed by atoms with Gasteiger partial charge < -0.3 is 10.1 Å². The molecule has 1 saturated carbocycles. The molecule has 1 N–H and O–H groups in total. The van der Waals surface area contributed by atoms with Crippen molar-refractivity contribution in [2.75, 3.05) is 32.8 Å². The van der Waals surface area contributed by atoms with E-state index in [2.05, 4.69) is 24.1 Å². The summed E-state index contributed by atoms with van der Waals surface area (Å²) in [6.45, 7) is 10.5. The number of nitrogens with zero attached hydrogens (tertiary/aromatic N) is 2. The summed E-state index contributed by atoms with van der Waals surface area (Å²) < 4.78 is 5.40. The fourth-order valence-electron chi connectivity index (χ4n) is 2.70. The van der Waals surface area contributed by atoms with E-state index < -0.39 is 0 Å². The Bertz CT molecular complexity index is 450. The molecule has 118 valence electrons. The van der Waals surface area contributed by atoms with Crippen molar-refractivity contribution < 1.29 is 4.74 Å². The summed E-state index contributed by atoms with van der Waals surface area (Å²) in [5.74, 6) is 0.523. The van der Waals surface area contributed by atoms with E-state index in [1.54, 1.807) is 0 Å². The monoisotopic (exact) mass is 309 g/mol. The molecule has 5 heteroatoms. The van der Waals surface area contributed by atoms with Gasteiger partial charge in [-0.25, -0.2) is 4.98 Å². The van der Waals surface area contributed by atoms with Gasteiger partial charge in [0, 0.05) is 43.5 Å². The van der Waals surface area contributed by atoms with Gasteiger partial charge in [-0.15, -0.1) is 11.3 Å². The standard InChI is InChI=1S/C16H27N3OS/c1-12(2)16-14(11-17-13-3-4-13)21-15(18-16)5-6-19-7-9-20-10-8-19/h12-13,17H,3-11H2,1-2H3. The summed E-state index contributed by atoms with van der Waals surface area (Å²) >= 11 is 1.91. The molecule has 0 amide bonds. The van der Waals surface area contributed by atoms with Gasteiger partial charge in [0.15, 0.2) is 0 Å². The lowest BCUT2D eigenvalue weighted by atomic mass is 10.1. The first-order valence-electron chi connectivity index (χ1n) is 8.24. The van der Waals surface area contributed by atoms with Crippen molar-refractivity contribution >= 4 is 11.3 Å². The molecule has 2 heterocycles. The van der Waals surface area contributed by atoms with Crippen LogP contribution >= 0.6 is 11.3 Å². The highest BCUT2D eigenvalue weighted by atomic mass is 32.1. The Morgan fingerprint density at radius 3 is 2.76 bits per heavy atom. The zero-order valence-electron chi connectivity index (χ0n) is 13.2. The average Bonchev–Trinajstić information content (AvgIpc) is 3.23. The predicted molar refractivity (Wildman–Crippen MR) is 87.0 cm³/mol. The summed E-state index contributed by atoms with van der Waals surface area (Å²) in [5, 5.41) is 4.93. The highest BCUT2D eigenvalue weighted by Gasteiger charge is 2.22. The Labute approximate surface area is 131 Å². The number of ether oxygens (including phenoxy) is 1. The largest absolute Gasteiger partial charge is 0.379 e. The van der Waals surface area contributed by atoms with Gasteiger partial charge in [0.1, 0.15) is 0 Å².